The first-order chi connectivity index (χ1) is 11.8. The lowest BCUT2D eigenvalue weighted by atomic mass is 9.95. The molecular formula is C16H17ClF3N3O2. The predicted molar refractivity (Wildman–Crippen MR) is 84.6 cm³/mol. The molecule has 5 nitrogen and oxygen atoms in total. The fourth-order valence-corrected chi connectivity index (χ4v) is 3.20. The molecule has 0 radical (unpaired) electrons. The highest BCUT2D eigenvalue weighted by Gasteiger charge is 2.66. The number of nitrogens with one attached hydrogen (secondary N) is 1. The number of carbonyl (C=O) groups is 1. The molecule has 0 spiro atoms. The number of carbonyl (C=O) groups excluding carboxylic acids is 1. The van der Waals surface area contributed by atoms with Crippen LogP contribution in [0.4, 0.5) is 13.2 Å². The van der Waals surface area contributed by atoms with Gasteiger partial charge < -0.3 is 10.1 Å². The van der Waals surface area contributed by atoms with Crippen LogP contribution in [0.5, 0.6) is 5.75 Å². The molecule has 0 saturated heterocycles. The van der Waals surface area contributed by atoms with E-state index in [9.17, 15) is 18.0 Å². The van der Waals surface area contributed by atoms with E-state index in [4.69, 9.17) is 16.3 Å². The molecule has 1 aliphatic carbocycles. The highest BCUT2D eigenvalue weighted by molar-refractivity contribution is 6.31. The minimum atomic E-state index is -4.67. The van der Waals surface area contributed by atoms with Crippen molar-refractivity contribution in [3.63, 3.8) is 0 Å². The maximum atomic E-state index is 13.1. The molecular weight excluding hydrogens is 359 g/mol. The summed E-state index contributed by atoms with van der Waals surface area (Å²) in [7, 11) is 0. The highest BCUT2D eigenvalue weighted by atomic mass is 35.5. The lowest BCUT2D eigenvalue weighted by Crippen LogP contribution is -2.39. The number of amides is 1. The average Bonchev–Trinajstić information content (AvgIpc) is 3.36. The van der Waals surface area contributed by atoms with Gasteiger partial charge in [0.1, 0.15) is 5.75 Å². The Balaban J connectivity index is 1.62. The summed E-state index contributed by atoms with van der Waals surface area (Å²) >= 11 is 5.86. The molecule has 1 N–H and O–H groups in total. The zero-order valence-electron chi connectivity index (χ0n) is 13.3. The second-order valence-corrected chi connectivity index (χ2v) is 6.61. The van der Waals surface area contributed by atoms with Gasteiger partial charge in [-0.15, -0.1) is 10.2 Å². The molecule has 1 heterocycles. The molecule has 136 valence electrons. The first-order valence-electron chi connectivity index (χ1n) is 8.05. The number of hydrogen-bond acceptors (Lipinski definition) is 4. The van der Waals surface area contributed by atoms with E-state index < -0.39 is 11.8 Å². The van der Waals surface area contributed by atoms with Crippen LogP contribution in [0.15, 0.2) is 28.4 Å². The van der Waals surface area contributed by atoms with Gasteiger partial charge in [-0.05, 0) is 31.0 Å². The molecule has 0 atom stereocenters. The lowest BCUT2D eigenvalue weighted by molar-refractivity contribution is -0.166. The van der Waals surface area contributed by atoms with Crippen LogP contribution in [0.3, 0.4) is 0 Å². The van der Waals surface area contributed by atoms with Crippen molar-refractivity contribution < 1.29 is 22.7 Å². The van der Waals surface area contributed by atoms with E-state index >= 15 is 0 Å². The molecule has 1 saturated carbocycles. The third kappa shape index (κ3) is 3.89. The normalized spacial score (nSPS) is 19.5. The predicted octanol–water partition coefficient (Wildman–Crippen LogP) is 4.35. The van der Waals surface area contributed by atoms with Gasteiger partial charge >= 0.3 is 11.8 Å². The van der Waals surface area contributed by atoms with Gasteiger partial charge in [0.15, 0.2) is 6.61 Å². The Bertz CT molecular complexity index is 682. The zero-order chi connectivity index (χ0) is 18.1. The molecule has 1 aromatic rings. The summed E-state index contributed by atoms with van der Waals surface area (Å²) in [5, 5.41) is 9.03. The first-order valence-corrected chi connectivity index (χ1v) is 8.42. The van der Waals surface area contributed by atoms with E-state index in [0.717, 1.165) is 31.7 Å². The van der Waals surface area contributed by atoms with E-state index in [-0.39, 0.29) is 34.9 Å². The van der Waals surface area contributed by atoms with Crippen LogP contribution < -0.4 is 10.1 Å². The Morgan fingerprint density at radius 3 is 2.56 bits per heavy atom. The van der Waals surface area contributed by atoms with E-state index in [1.165, 1.54) is 18.6 Å². The summed E-state index contributed by atoms with van der Waals surface area (Å²) in [5.41, 5.74) is -2.92. The molecule has 0 unspecified atom stereocenters. The zero-order valence-corrected chi connectivity index (χ0v) is 14.0. The van der Waals surface area contributed by atoms with Crippen LogP contribution >= 0.6 is 11.6 Å². The summed E-state index contributed by atoms with van der Waals surface area (Å²) in [6.07, 6.45) is 0.542. The van der Waals surface area contributed by atoms with E-state index in [1.807, 2.05) is 0 Å². The number of benzene rings is 1. The first kappa shape index (κ1) is 18.0. The molecule has 1 amide bonds. The summed E-state index contributed by atoms with van der Waals surface area (Å²) in [4.78, 5) is 11.9. The number of ether oxygens (including phenoxy) is 1. The van der Waals surface area contributed by atoms with E-state index in [2.05, 4.69) is 15.5 Å². The largest absolute Gasteiger partial charge is 0.484 e. The van der Waals surface area contributed by atoms with Gasteiger partial charge in [0.25, 0.3) is 5.91 Å². The average molecular weight is 376 g/mol. The fourth-order valence-electron chi connectivity index (χ4n) is 2.95. The number of alkyl halides is 3. The van der Waals surface area contributed by atoms with Gasteiger partial charge in [0.2, 0.25) is 0 Å². The molecule has 0 aromatic heterocycles. The van der Waals surface area contributed by atoms with Gasteiger partial charge in [0, 0.05) is 16.6 Å². The smallest absolute Gasteiger partial charge is 0.442 e. The Morgan fingerprint density at radius 1 is 1.28 bits per heavy atom. The van der Waals surface area contributed by atoms with E-state index in [1.54, 1.807) is 0 Å². The van der Waals surface area contributed by atoms with Gasteiger partial charge in [-0.3, -0.25) is 4.79 Å². The molecule has 1 aromatic carbocycles. The van der Waals surface area contributed by atoms with Crippen LogP contribution in [0.1, 0.15) is 37.7 Å². The Hall–Kier alpha value is -1.83. The third-order valence-electron chi connectivity index (χ3n) is 4.35. The minimum absolute atomic E-state index is 0.110. The standard InChI is InChI=1S/C16H17ClF3N3O2/c17-13-7-6-11(8-12(13)15(22-23-15)16(18,19)20)25-9-14(24)21-10-4-2-1-3-5-10/h6-8,10H,1-5,9H2,(H,21,24). The minimum Gasteiger partial charge on any atom is -0.484 e. The number of nitrogens with zero attached hydrogens (tertiary/aromatic N) is 2. The number of halogens is 4. The SMILES string of the molecule is O=C(COc1ccc(Cl)c(C2(C(F)(F)F)N=N2)c1)NC1CCCCC1. The van der Waals surface area contributed by atoms with Crippen LogP contribution in [-0.2, 0) is 10.5 Å². The van der Waals surface area contributed by atoms with Gasteiger partial charge in [0.05, 0.1) is 0 Å². The summed E-state index contributed by atoms with van der Waals surface area (Å²) < 4.78 is 44.7. The van der Waals surface area contributed by atoms with Crippen molar-refractivity contribution in [3.8, 4) is 5.75 Å². The van der Waals surface area contributed by atoms with Crippen molar-refractivity contribution >= 4 is 17.5 Å². The second kappa shape index (κ2) is 6.82. The van der Waals surface area contributed by atoms with Gasteiger partial charge in [-0.25, -0.2) is 0 Å². The van der Waals surface area contributed by atoms with Gasteiger partial charge in [-0.1, -0.05) is 30.9 Å². The fraction of sp³-hybridized carbons (Fsp3) is 0.562. The van der Waals surface area contributed by atoms with Crippen molar-refractivity contribution in [2.24, 2.45) is 10.2 Å². The van der Waals surface area contributed by atoms with Crippen LogP contribution in [0, 0.1) is 0 Å². The monoisotopic (exact) mass is 375 g/mol. The molecule has 3 rings (SSSR count). The Kier molecular flexibility index (Phi) is 4.90. The second-order valence-electron chi connectivity index (χ2n) is 6.20. The summed E-state index contributed by atoms with van der Waals surface area (Å²) in [5.74, 6) is -0.186. The van der Waals surface area contributed by atoms with Crippen molar-refractivity contribution in [2.75, 3.05) is 6.61 Å². The maximum absolute atomic E-state index is 13.1. The quantitative estimate of drug-likeness (QED) is 0.831. The molecule has 0 bridgehead atoms. The summed E-state index contributed by atoms with van der Waals surface area (Å²) in [6.45, 7) is -0.273. The number of rotatable bonds is 5. The third-order valence-corrected chi connectivity index (χ3v) is 4.68. The van der Waals surface area contributed by atoms with Crippen LogP contribution in [-0.4, -0.2) is 24.7 Å². The molecule has 2 aliphatic rings. The Morgan fingerprint density at radius 2 is 1.96 bits per heavy atom. The van der Waals surface area contributed by atoms with E-state index in [0.29, 0.717) is 0 Å². The molecule has 1 fully saturated rings. The molecule has 1 aliphatic heterocycles. The highest BCUT2D eigenvalue weighted by Crippen LogP contribution is 2.54. The Labute approximate surface area is 147 Å². The topological polar surface area (TPSA) is 63.0 Å². The van der Waals surface area contributed by atoms with Crippen molar-refractivity contribution in [2.45, 2.75) is 50.0 Å². The van der Waals surface area contributed by atoms with Crippen LogP contribution in [0.25, 0.3) is 0 Å². The number of hydrogen-bond donors (Lipinski definition) is 1. The maximum Gasteiger partial charge on any atom is 0.442 e. The van der Waals surface area contributed by atoms with Crippen molar-refractivity contribution in [1.82, 2.24) is 5.32 Å². The van der Waals surface area contributed by atoms with Crippen molar-refractivity contribution in [3.05, 3.63) is 28.8 Å². The van der Waals surface area contributed by atoms with Gasteiger partial charge in [-0.2, -0.15) is 13.2 Å². The molecule has 9 heteroatoms. The van der Waals surface area contributed by atoms with Crippen molar-refractivity contribution in [1.29, 1.82) is 0 Å². The molecule has 25 heavy (non-hydrogen) atoms. The summed E-state index contributed by atoms with van der Waals surface area (Å²) in [6, 6.07) is 3.96. The lowest BCUT2D eigenvalue weighted by Gasteiger charge is -2.22. The van der Waals surface area contributed by atoms with Crippen LogP contribution in [0.2, 0.25) is 5.02 Å².